The topological polar surface area (TPSA) is 29.5 Å². The molecule has 1 aromatic rings. The van der Waals surface area contributed by atoms with Crippen LogP contribution in [0.4, 0.5) is 10.5 Å². The lowest BCUT2D eigenvalue weighted by Crippen LogP contribution is -2.41. The lowest BCUT2D eigenvalue weighted by atomic mass is 10.0. The van der Waals surface area contributed by atoms with E-state index in [0.29, 0.717) is 6.61 Å². The minimum atomic E-state index is -1.49. The molecule has 0 aromatic heterocycles. The third-order valence-corrected chi connectivity index (χ3v) is 3.89. The maximum atomic E-state index is 12.3. The van der Waals surface area contributed by atoms with Gasteiger partial charge in [-0.25, -0.2) is 4.79 Å². The molecule has 1 unspecified atom stereocenters. The summed E-state index contributed by atoms with van der Waals surface area (Å²) < 4.78 is 5.20. The van der Waals surface area contributed by atoms with Gasteiger partial charge < -0.3 is 4.74 Å². The third-order valence-electron chi connectivity index (χ3n) is 2.99. The maximum Gasteiger partial charge on any atom is 0.415 e. The van der Waals surface area contributed by atoms with Gasteiger partial charge in [0.25, 0.3) is 0 Å². The zero-order chi connectivity index (χ0) is 15.5. The van der Waals surface area contributed by atoms with Crippen molar-refractivity contribution in [2.45, 2.75) is 32.6 Å². The summed E-state index contributed by atoms with van der Waals surface area (Å²) in [5.41, 5.74) is 5.20. The summed E-state index contributed by atoms with van der Waals surface area (Å²) in [7, 11) is -1.49. The first-order valence-corrected chi connectivity index (χ1v) is 10.7. The Hall–Kier alpha value is -1.99. The maximum absolute atomic E-state index is 12.3. The van der Waals surface area contributed by atoms with Crippen molar-refractivity contribution in [2.75, 3.05) is 11.5 Å². The standard InChI is InChI=1S/C17H21NO2Si/c1-5-20-17(19)18-15(12-13-21(2,3)4)11-10-14-8-6-7-9-16(14)18/h6-11,15H,5H2,1-4H3. The van der Waals surface area contributed by atoms with Crippen molar-refractivity contribution in [1.29, 1.82) is 0 Å². The highest BCUT2D eigenvalue weighted by molar-refractivity contribution is 6.83. The van der Waals surface area contributed by atoms with Gasteiger partial charge in [0, 0.05) is 0 Å². The van der Waals surface area contributed by atoms with Crippen molar-refractivity contribution in [3.05, 3.63) is 35.9 Å². The van der Waals surface area contributed by atoms with E-state index in [1.807, 2.05) is 43.3 Å². The van der Waals surface area contributed by atoms with E-state index in [2.05, 4.69) is 31.1 Å². The second-order valence-electron chi connectivity index (χ2n) is 5.95. The van der Waals surface area contributed by atoms with Crippen LogP contribution in [-0.2, 0) is 4.74 Å². The molecule has 1 aliphatic rings. The largest absolute Gasteiger partial charge is 0.449 e. The van der Waals surface area contributed by atoms with E-state index in [-0.39, 0.29) is 12.1 Å². The van der Waals surface area contributed by atoms with Crippen LogP contribution in [-0.4, -0.2) is 26.8 Å². The van der Waals surface area contributed by atoms with Gasteiger partial charge in [0.2, 0.25) is 0 Å². The molecule has 1 heterocycles. The molecule has 0 N–H and O–H groups in total. The Morgan fingerprint density at radius 3 is 2.71 bits per heavy atom. The van der Waals surface area contributed by atoms with Crippen LogP contribution in [0.5, 0.6) is 0 Å². The van der Waals surface area contributed by atoms with Crippen LogP contribution >= 0.6 is 0 Å². The fourth-order valence-electron chi connectivity index (χ4n) is 2.09. The summed E-state index contributed by atoms with van der Waals surface area (Å²) in [4.78, 5) is 14.0. The Balaban J connectivity index is 2.41. The lowest BCUT2D eigenvalue weighted by Gasteiger charge is -2.30. The van der Waals surface area contributed by atoms with Gasteiger partial charge in [0.15, 0.2) is 0 Å². The fourth-order valence-corrected chi connectivity index (χ4v) is 2.67. The van der Waals surface area contributed by atoms with E-state index in [4.69, 9.17) is 4.74 Å². The highest BCUT2D eigenvalue weighted by Crippen LogP contribution is 2.29. The van der Waals surface area contributed by atoms with Crippen LogP contribution in [0.2, 0.25) is 19.6 Å². The summed E-state index contributed by atoms with van der Waals surface area (Å²) in [6.07, 6.45) is 3.64. The zero-order valence-corrected chi connectivity index (χ0v) is 14.0. The minimum Gasteiger partial charge on any atom is -0.449 e. The molecule has 4 heteroatoms. The van der Waals surface area contributed by atoms with Crippen LogP contribution in [0.1, 0.15) is 12.5 Å². The predicted octanol–water partition coefficient (Wildman–Crippen LogP) is 3.93. The molecule has 1 amide bonds. The number of carbonyl (C=O) groups is 1. The predicted molar refractivity (Wildman–Crippen MR) is 89.9 cm³/mol. The van der Waals surface area contributed by atoms with Crippen LogP contribution < -0.4 is 4.90 Å². The highest BCUT2D eigenvalue weighted by atomic mass is 28.3. The van der Waals surface area contributed by atoms with Crippen LogP contribution in [0, 0.1) is 11.5 Å². The number of para-hydroxylation sites is 1. The molecule has 0 saturated carbocycles. The average molecular weight is 299 g/mol. The normalized spacial score (nSPS) is 16.8. The van der Waals surface area contributed by atoms with Gasteiger partial charge in [-0.15, -0.1) is 5.54 Å². The first-order valence-electron chi connectivity index (χ1n) is 7.18. The molecule has 110 valence electrons. The van der Waals surface area contributed by atoms with Gasteiger partial charge in [0.05, 0.1) is 12.3 Å². The molecule has 1 aliphatic heterocycles. The molecule has 0 bridgehead atoms. The van der Waals surface area contributed by atoms with Gasteiger partial charge in [-0.2, -0.15) is 0 Å². The van der Waals surface area contributed by atoms with Crippen LogP contribution in [0.15, 0.2) is 30.3 Å². The van der Waals surface area contributed by atoms with E-state index in [9.17, 15) is 4.79 Å². The number of amides is 1. The summed E-state index contributed by atoms with van der Waals surface area (Å²) in [6.45, 7) is 8.74. The van der Waals surface area contributed by atoms with Gasteiger partial charge >= 0.3 is 6.09 Å². The highest BCUT2D eigenvalue weighted by Gasteiger charge is 2.28. The number of hydrogen-bond acceptors (Lipinski definition) is 2. The van der Waals surface area contributed by atoms with Gasteiger partial charge in [-0.3, -0.25) is 4.90 Å². The molecule has 1 aromatic carbocycles. The minimum absolute atomic E-state index is 0.259. The summed E-state index contributed by atoms with van der Waals surface area (Å²) >= 11 is 0. The quantitative estimate of drug-likeness (QED) is 0.581. The molecular weight excluding hydrogens is 278 g/mol. The molecular formula is C17H21NO2Si. The van der Waals surface area contributed by atoms with Crippen molar-refractivity contribution in [1.82, 2.24) is 0 Å². The van der Waals surface area contributed by atoms with E-state index in [1.165, 1.54) is 0 Å². The molecule has 0 radical (unpaired) electrons. The van der Waals surface area contributed by atoms with E-state index in [1.54, 1.807) is 4.90 Å². The number of nitrogens with zero attached hydrogens (tertiary/aromatic N) is 1. The number of benzene rings is 1. The van der Waals surface area contributed by atoms with Gasteiger partial charge in [0.1, 0.15) is 14.1 Å². The monoisotopic (exact) mass is 299 g/mol. The second kappa shape index (κ2) is 6.19. The Morgan fingerprint density at radius 2 is 2.05 bits per heavy atom. The lowest BCUT2D eigenvalue weighted by molar-refractivity contribution is 0.159. The summed E-state index contributed by atoms with van der Waals surface area (Å²) in [6, 6.07) is 7.54. The van der Waals surface area contributed by atoms with Crippen LogP contribution in [0.25, 0.3) is 6.08 Å². The molecule has 0 aliphatic carbocycles. The number of ether oxygens (including phenoxy) is 1. The Bertz CT molecular complexity index is 620. The average Bonchev–Trinajstić information content (AvgIpc) is 2.43. The van der Waals surface area contributed by atoms with Crippen molar-refractivity contribution in [3.63, 3.8) is 0 Å². The number of fused-ring (bicyclic) bond motifs is 1. The molecule has 1 atom stereocenters. The summed E-state index contributed by atoms with van der Waals surface area (Å²) in [5, 5.41) is 0. The molecule has 3 nitrogen and oxygen atoms in total. The number of hydrogen-bond donors (Lipinski definition) is 0. The zero-order valence-electron chi connectivity index (χ0n) is 13.0. The molecule has 0 saturated heterocycles. The molecule has 0 spiro atoms. The second-order valence-corrected chi connectivity index (χ2v) is 10.7. The van der Waals surface area contributed by atoms with Gasteiger partial charge in [-0.05, 0) is 24.6 Å². The van der Waals surface area contributed by atoms with Gasteiger partial charge in [-0.1, -0.05) is 49.8 Å². The number of anilines is 1. The fraction of sp³-hybridized carbons (Fsp3) is 0.353. The Morgan fingerprint density at radius 1 is 1.33 bits per heavy atom. The number of carbonyl (C=O) groups excluding carboxylic acids is 1. The van der Waals surface area contributed by atoms with E-state index >= 15 is 0 Å². The Kier molecular flexibility index (Phi) is 4.54. The molecule has 0 fully saturated rings. The van der Waals surface area contributed by atoms with Crippen LogP contribution in [0.3, 0.4) is 0 Å². The van der Waals surface area contributed by atoms with E-state index in [0.717, 1.165) is 11.3 Å². The number of rotatable bonds is 1. The smallest absolute Gasteiger partial charge is 0.415 e. The first kappa shape index (κ1) is 15.4. The SMILES string of the molecule is CCOC(=O)N1c2ccccc2C=CC1C#C[Si](C)(C)C. The molecule has 2 rings (SSSR count). The Labute approximate surface area is 127 Å². The third kappa shape index (κ3) is 3.76. The van der Waals surface area contributed by atoms with E-state index < -0.39 is 8.07 Å². The first-order chi connectivity index (χ1) is 9.92. The molecule has 21 heavy (non-hydrogen) atoms. The van der Waals surface area contributed by atoms with Crippen molar-refractivity contribution >= 4 is 25.9 Å². The van der Waals surface area contributed by atoms with Crippen molar-refractivity contribution < 1.29 is 9.53 Å². The van der Waals surface area contributed by atoms with Crippen molar-refractivity contribution in [3.8, 4) is 11.5 Å². The van der Waals surface area contributed by atoms with Crippen molar-refractivity contribution in [2.24, 2.45) is 0 Å². The summed E-state index contributed by atoms with van der Waals surface area (Å²) in [5.74, 6) is 3.24.